The molecule has 0 saturated heterocycles. The number of hydrogen-bond acceptors (Lipinski definition) is 2. The van der Waals surface area contributed by atoms with E-state index in [0.717, 1.165) is 25.1 Å². The second-order valence-electron chi connectivity index (χ2n) is 4.54. The van der Waals surface area contributed by atoms with Crippen LogP contribution in [0.25, 0.3) is 0 Å². The second kappa shape index (κ2) is 7.00. The molecule has 0 saturated carbocycles. The maximum absolute atomic E-state index is 12.9. The van der Waals surface area contributed by atoms with Crippen LogP contribution in [0.2, 0.25) is 0 Å². The molecule has 2 rings (SSSR count). The lowest BCUT2D eigenvalue weighted by Gasteiger charge is -2.17. The molecule has 1 aromatic heterocycles. The summed E-state index contributed by atoms with van der Waals surface area (Å²) in [6, 6.07) is 13.8. The highest BCUT2D eigenvalue weighted by Crippen LogP contribution is 2.17. The van der Waals surface area contributed by atoms with E-state index in [1.165, 1.54) is 17.8 Å². The highest BCUT2D eigenvalue weighted by atomic mass is 19.1. The van der Waals surface area contributed by atoms with Gasteiger partial charge in [0.2, 0.25) is 0 Å². The topological polar surface area (TPSA) is 24.9 Å². The van der Waals surface area contributed by atoms with Gasteiger partial charge in [0.1, 0.15) is 5.82 Å². The molecule has 19 heavy (non-hydrogen) atoms. The third-order valence-electron chi connectivity index (χ3n) is 3.12. The lowest BCUT2D eigenvalue weighted by Crippen LogP contribution is -2.22. The summed E-state index contributed by atoms with van der Waals surface area (Å²) in [5.74, 6) is -0.290. The molecule has 0 bridgehead atoms. The molecule has 0 amide bonds. The van der Waals surface area contributed by atoms with E-state index in [-0.39, 0.29) is 11.9 Å². The second-order valence-corrected chi connectivity index (χ2v) is 4.54. The number of aryl methyl sites for hydroxylation is 1. The summed E-state index contributed by atoms with van der Waals surface area (Å²) in [6.07, 6.45) is 3.22. The van der Waals surface area contributed by atoms with Crippen molar-refractivity contribution in [2.45, 2.75) is 25.8 Å². The first-order valence-electron chi connectivity index (χ1n) is 6.68. The number of halogens is 1. The molecular formula is C16H19FN2. The van der Waals surface area contributed by atoms with E-state index in [0.29, 0.717) is 0 Å². The summed E-state index contributed by atoms with van der Waals surface area (Å²) < 4.78 is 12.9. The fourth-order valence-corrected chi connectivity index (χ4v) is 2.15. The van der Waals surface area contributed by atoms with Crippen LogP contribution in [0.5, 0.6) is 0 Å². The summed E-state index contributed by atoms with van der Waals surface area (Å²) in [5.41, 5.74) is 2.21. The highest BCUT2D eigenvalue weighted by molar-refractivity contribution is 5.16. The van der Waals surface area contributed by atoms with Gasteiger partial charge in [0.15, 0.2) is 0 Å². The fourth-order valence-electron chi connectivity index (χ4n) is 2.15. The normalized spacial score (nSPS) is 12.3. The molecule has 0 aliphatic rings. The Morgan fingerprint density at radius 1 is 1.16 bits per heavy atom. The van der Waals surface area contributed by atoms with Gasteiger partial charge < -0.3 is 5.32 Å². The SMILES string of the molecule is CCNC(CCc1ccccc1)c1ccc(F)cn1. The first-order valence-corrected chi connectivity index (χ1v) is 6.68. The zero-order chi connectivity index (χ0) is 13.5. The number of aromatic nitrogens is 1. The number of hydrogen-bond donors (Lipinski definition) is 1. The van der Waals surface area contributed by atoms with Crippen LogP contribution >= 0.6 is 0 Å². The molecule has 100 valence electrons. The van der Waals surface area contributed by atoms with Crippen molar-refractivity contribution in [3.8, 4) is 0 Å². The first kappa shape index (κ1) is 13.7. The summed E-state index contributed by atoms with van der Waals surface area (Å²) >= 11 is 0. The van der Waals surface area contributed by atoms with Crippen molar-refractivity contribution in [3.63, 3.8) is 0 Å². The van der Waals surface area contributed by atoms with Crippen LogP contribution in [-0.4, -0.2) is 11.5 Å². The third-order valence-corrected chi connectivity index (χ3v) is 3.12. The van der Waals surface area contributed by atoms with E-state index >= 15 is 0 Å². The first-order chi connectivity index (χ1) is 9.29. The van der Waals surface area contributed by atoms with Gasteiger partial charge in [-0.1, -0.05) is 37.3 Å². The smallest absolute Gasteiger partial charge is 0.141 e. The quantitative estimate of drug-likeness (QED) is 0.857. The molecule has 2 nitrogen and oxygen atoms in total. The van der Waals surface area contributed by atoms with Crippen LogP contribution < -0.4 is 5.32 Å². The van der Waals surface area contributed by atoms with Crippen LogP contribution in [0.1, 0.15) is 30.6 Å². The minimum atomic E-state index is -0.290. The molecule has 2 aromatic rings. The van der Waals surface area contributed by atoms with Crippen molar-refractivity contribution in [1.29, 1.82) is 0 Å². The van der Waals surface area contributed by atoms with E-state index in [4.69, 9.17) is 0 Å². The molecule has 1 aromatic carbocycles. The molecule has 1 unspecified atom stereocenters. The summed E-state index contributed by atoms with van der Waals surface area (Å²) in [4.78, 5) is 4.17. The lowest BCUT2D eigenvalue weighted by atomic mass is 10.0. The Bertz CT molecular complexity index is 482. The Labute approximate surface area is 113 Å². The molecule has 0 aliphatic heterocycles. The highest BCUT2D eigenvalue weighted by Gasteiger charge is 2.11. The van der Waals surface area contributed by atoms with Gasteiger partial charge in [-0.3, -0.25) is 4.98 Å². The Hall–Kier alpha value is -1.74. The van der Waals surface area contributed by atoms with Crippen LogP contribution in [0, 0.1) is 5.82 Å². The third kappa shape index (κ3) is 4.14. The molecule has 3 heteroatoms. The Balaban J connectivity index is 2.02. The van der Waals surface area contributed by atoms with E-state index < -0.39 is 0 Å². The Morgan fingerprint density at radius 3 is 2.58 bits per heavy atom. The van der Waals surface area contributed by atoms with Gasteiger partial charge in [-0.2, -0.15) is 0 Å². The summed E-state index contributed by atoms with van der Waals surface area (Å²) in [7, 11) is 0. The monoisotopic (exact) mass is 258 g/mol. The molecule has 1 atom stereocenters. The van der Waals surface area contributed by atoms with Crippen LogP contribution in [-0.2, 0) is 6.42 Å². The van der Waals surface area contributed by atoms with Crippen molar-refractivity contribution in [3.05, 3.63) is 65.7 Å². The Kier molecular flexibility index (Phi) is 5.04. The van der Waals surface area contributed by atoms with Crippen molar-refractivity contribution >= 4 is 0 Å². The van der Waals surface area contributed by atoms with Crippen molar-refractivity contribution in [2.75, 3.05) is 6.54 Å². The zero-order valence-electron chi connectivity index (χ0n) is 11.1. The van der Waals surface area contributed by atoms with E-state index in [1.807, 2.05) is 18.2 Å². The maximum atomic E-state index is 12.9. The average Bonchev–Trinajstić information content (AvgIpc) is 2.46. The molecular weight excluding hydrogens is 239 g/mol. The van der Waals surface area contributed by atoms with Gasteiger partial charge in [0.25, 0.3) is 0 Å². The maximum Gasteiger partial charge on any atom is 0.141 e. The van der Waals surface area contributed by atoms with Gasteiger partial charge in [-0.25, -0.2) is 4.39 Å². The number of benzene rings is 1. The van der Waals surface area contributed by atoms with Gasteiger partial charge in [0.05, 0.1) is 11.9 Å². The number of rotatable bonds is 6. The standard InChI is InChI=1S/C16H19FN2/c1-2-18-15(16-11-9-14(17)12-19-16)10-8-13-6-4-3-5-7-13/h3-7,9,11-12,15,18H,2,8,10H2,1H3. The van der Waals surface area contributed by atoms with Crippen molar-refractivity contribution in [1.82, 2.24) is 10.3 Å². The summed E-state index contributed by atoms with van der Waals surface area (Å²) in [5, 5.41) is 3.40. The van der Waals surface area contributed by atoms with Crippen molar-refractivity contribution in [2.24, 2.45) is 0 Å². The number of pyridine rings is 1. The molecule has 1 heterocycles. The minimum absolute atomic E-state index is 0.172. The number of nitrogens with one attached hydrogen (secondary N) is 1. The average molecular weight is 258 g/mol. The molecule has 0 aliphatic carbocycles. The van der Waals surface area contributed by atoms with Crippen LogP contribution in [0.4, 0.5) is 4.39 Å². The molecule has 1 N–H and O–H groups in total. The van der Waals surface area contributed by atoms with Gasteiger partial charge in [-0.15, -0.1) is 0 Å². The van der Waals surface area contributed by atoms with Gasteiger partial charge in [-0.05, 0) is 37.1 Å². The zero-order valence-corrected chi connectivity index (χ0v) is 11.1. The minimum Gasteiger partial charge on any atom is -0.309 e. The van der Waals surface area contributed by atoms with Crippen molar-refractivity contribution < 1.29 is 4.39 Å². The van der Waals surface area contributed by atoms with Gasteiger partial charge in [0, 0.05) is 6.04 Å². The Morgan fingerprint density at radius 2 is 1.95 bits per heavy atom. The largest absolute Gasteiger partial charge is 0.309 e. The summed E-state index contributed by atoms with van der Waals surface area (Å²) in [6.45, 7) is 2.94. The molecule has 0 spiro atoms. The molecule has 0 radical (unpaired) electrons. The molecule has 0 fully saturated rings. The van der Waals surface area contributed by atoms with E-state index in [1.54, 1.807) is 6.07 Å². The fraction of sp³-hybridized carbons (Fsp3) is 0.312. The van der Waals surface area contributed by atoms with Crippen LogP contribution in [0.15, 0.2) is 48.7 Å². The predicted molar refractivity (Wildman–Crippen MR) is 75.4 cm³/mol. The van der Waals surface area contributed by atoms with E-state index in [2.05, 4.69) is 29.4 Å². The van der Waals surface area contributed by atoms with E-state index in [9.17, 15) is 4.39 Å². The lowest BCUT2D eigenvalue weighted by molar-refractivity contribution is 0.501. The predicted octanol–water partition coefficient (Wildman–Crippen LogP) is 3.50. The van der Waals surface area contributed by atoms with Crippen LogP contribution in [0.3, 0.4) is 0 Å². The van der Waals surface area contributed by atoms with Gasteiger partial charge >= 0.3 is 0 Å². The number of nitrogens with zero attached hydrogens (tertiary/aromatic N) is 1.